The number of aliphatic hydroxyl groups excluding tert-OH is 1. The first kappa shape index (κ1) is 23.0. The van der Waals surface area contributed by atoms with E-state index < -0.39 is 6.10 Å². The first-order valence-electron chi connectivity index (χ1n) is 11.5. The summed E-state index contributed by atoms with van der Waals surface area (Å²) in [6.07, 6.45) is -0.566. The number of carbonyl (C=O) groups is 1. The monoisotopic (exact) mass is 444 g/mol. The molecular weight excluding hydrogens is 412 g/mol. The number of β-amino-alcohol motifs (C(OH)–C–C–N with tert-alkyl or cyclic N) is 1. The van der Waals surface area contributed by atoms with Gasteiger partial charge in [0.25, 0.3) is 0 Å². The number of anilines is 1. The number of benzene rings is 3. The van der Waals surface area contributed by atoms with E-state index >= 15 is 0 Å². The molecule has 1 unspecified atom stereocenters. The standard InChI is InChI=1S/C28H32N2O3/c1-21-8-11-25(18-22(21)2)30-16-14-29(15-17-30)19-26(31)20-33-27-12-9-24(10-13-27)28(32)23-6-4-3-5-7-23/h3-13,18,26,31H,14-17,19-20H2,1-2H3. The Bertz CT molecular complexity index is 1060. The second kappa shape index (κ2) is 10.6. The fourth-order valence-electron chi connectivity index (χ4n) is 4.11. The topological polar surface area (TPSA) is 53.0 Å². The van der Waals surface area contributed by atoms with Crippen LogP contribution in [0.1, 0.15) is 27.0 Å². The van der Waals surface area contributed by atoms with Gasteiger partial charge in [0.2, 0.25) is 0 Å². The lowest BCUT2D eigenvalue weighted by molar-refractivity contribution is 0.0663. The highest BCUT2D eigenvalue weighted by atomic mass is 16.5. The fourth-order valence-corrected chi connectivity index (χ4v) is 4.11. The van der Waals surface area contributed by atoms with E-state index in [-0.39, 0.29) is 12.4 Å². The van der Waals surface area contributed by atoms with E-state index in [4.69, 9.17) is 4.74 Å². The van der Waals surface area contributed by atoms with Crippen LogP contribution >= 0.6 is 0 Å². The van der Waals surface area contributed by atoms with E-state index in [2.05, 4.69) is 41.8 Å². The number of ether oxygens (including phenoxy) is 1. The summed E-state index contributed by atoms with van der Waals surface area (Å²) in [6.45, 7) is 8.84. The van der Waals surface area contributed by atoms with Crippen LogP contribution in [0.2, 0.25) is 0 Å². The van der Waals surface area contributed by atoms with Gasteiger partial charge in [-0.3, -0.25) is 9.69 Å². The molecule has 5 heteroatoms. The Balaban J connectivity index is 1.21. The van der Waals surface area contributed by atoms with Crippen molar-refractivity contribution in [1.82, 2.24) is 4.90 Å². The molecule has 0 saturated carbocycles. The normalized spacial score (nSPS) is 15.3. The molecule has 0 aliphatic carbocycles. The molecule has 5 nitrogen and oxygen atoms in total. The third-order valence-corrected chi connectivity index (χ3v) is 6.29. The van der Waals surface area contributed by atoms with Gasteiger partial charge >= 0.3 is 0 Å². The molecule has 1 saturated heterocycles. The van der Waals surface area contributed by atoms with Crippen molar-refractivity contribution in [1.29, 1.82) is 0 Å². The van der Waals surface area contributed by atoms with E-state index in [1.807, 2.05) is 30.3 Å². The quantitative estimate of drug-likeness (QED) is 0.530. The molecule has 1 aliphatic rings. The lowest BCUT2D eigenvalue weighted by Gasteiger charge is -2.37. The van der Waals surface area contributed by atoms with Gasteiger partial charge in [0.1, 0.15) is 18.5 Å². The highest BCUT2D eigenvalue weighted by molar-refractivity contribution is 6.08. The van der Waals surface area contributed by atoms with Crippen molar-refractivity contribution in [3.05, 3.63) is 95.1 Å². The summed E-state index contributed by atoms with van der Waals surface area (Å²) in [6, 6.07) is 23.0. The molecule has 33 heavy (non-hydrogen) atoms. The van der Waals surface area contributed by atoms with Crippen molar-refractivity contribution < 1.29 is 14.6 Å². The Morgan fingerprint density at radius 1 is 0.879 bits per heavy atom. The van der Waals surface area contributed by atoms with E-state index in [1.165, 1.54) is 16.8 Å². The molecule has 3 aromatic rings. The number of piperazine rings is 1. The van der Waals surface area contributed by atoms with Crippen LogP contribution in [0.3, 0.4) is 0 Å². The Labute approximate surface area is 196 Å². The molecule has 1 fully saturated rings. The number of nitrogens with zero attached hydrogens (tertiary/aromatic N) is 2. The number of hydrogen-bond donors (Lipinski definition) is 1. The van der Waals surface area contributed by atoms with Crippen LogP contribution in [0.15, 0.2) is 72.8 Å². The zero-order valence-corrected chi connectivity index (χ0v) is 19.4. The zero-order valence-electron chi connectivity index (χ0n) is 19.4. The van der Waals surface area contributed by atoms with Crippen molar-refractivity contribution in [3.63, 3.8) is 0 Å². The molecule has 1 N–H and O–H groups in total. The van der Waals surface area contributed by atoms with Gasteiger partial charge in [0, 0.05) is 49.5 Å². The van der Waals surface area contributed by atoms with Gasteiger partial charge in [-0.15, -0.1) is 0 Å². The van der Waals surface area contributed by atoms with Crippen LogP contribution in [0.5, 0.6) is 5.75 Å². The SMILES string of the molecule is Cc1ccc(N2CCN(CC(O)COc3ccc(C(=O)c4ccccc4)cc3)CC2)cc1C. The minimum Gasteiger partial charge on any atom is -0.491 e. The van der Waals surface area contributed by atoms with Crippen molar-refractivity contribution in [2.45, 2.75) is 20.0 Å². The molecular formula is C28H32N2O3. The highest BCUT2D eigenvalue weighted by Gasteiger charge is 2.20. The number of aliphatic hydroxyl groups is 1. The number of ketones is 1. The predicted octanol–water partition coefficient (Wildman–Crippen LogP) is 4.10. The average Bonchev–Trinajstić information content (AvgIpc) is 2.85. The Kier molecular flexibility index (Phi) is 7.43. The van der Waals surface area contributed by atoms with Crippen LogP contribution in [0.25, 0.3) is 0 Å². The summed E-state index contributed by atoms with van der Waals surface area (Å²) < 4.78 is 5.77. The molecule has 0 radical (unpaired) electrons. The van der Waals surface area contributed by atoms with Crippen molar-refractivity contribution >= 4 is 11.5 Å². The van der Waals surface area contributed by atoms with Gasteiger partial charge < -0.3 is 14.7 Å². The van der Waals surface area contributed by atoms with Crippen LogP contribution in [0.4, 0.5) is 5.69 Å². The minimum absolute atomic E-state index is 0.0119. The predicted molar refractivity (Wildman–Crippen MR) is 132 cm³/mol. The van der Waals surface area contributed by atoms with Crippen LogP contribution in [0, 0.1) is 13.8 Å². The number of hydrogen-bond acceptors (Lipinski definition) is 5. The molecule has 0 bridgehead atoms. The molecule has 3 aromatic carbocycles. The van der Waals surface area contributed by atoms with Gasteiger partial charge in [0.05, 0.1) is 0 Å². The van der Waals surface area contributed by atoms with Gasteiger partial charge in [-0.2, -0.15) is 0 Å². The second-order valence-electron chi connectivity index (χ2n) is 8.74. The Hall–Kier alpha value is -3.15. The average molecular weight is 445 g/mol. The van der Waals surface area contributed by atoms with Gasteiger partial charge in [0.15, 0.2) is 5.78 Å². The van der Waals surface area contributed by atoms with E-state index in [0.717, 1.165) is 26.2 Å². The van der Waals surface area contributed by atoms with Crippen LogP contribution < -0.4 is 9.64 Å². The fraction of sp³-hybridized carbons (Fsp3) is 0.321. The third-order valence-electron chi connectivity index (χ3n) is 6.29. The van der Waals surface area contributed by atoms with Crippen LogP contribution in [-0.2, 0) is 0 Å². The molecule has 1 heterocycles. The summed E-state index contributed by atoms with van der Waals surface area (Å²) in [5.41, 5.74) is 5.20. The van der Waals surface area contributed by atoms with Gasteiger partial charge in [-0.25, -0.2) is 0 Å². The summed E-state index contributed by atoms with van der Waals surface area (Å²) in [5, 5.41) is 10.5. The lowest BCUT2D eigenvalue weighted by Crippen LogP contribution is -2.49. The number of aryl methyl sites for hydroxylation is 2. The van der Waals surface area contributed by atoms with Gasteiger partial charge in [-0.05, 0) is 61.4 Å². The minimum atomic E-state index is -0.566. The second-order valence-corrected chi connectivity index (χ2v) is 8.74. The van der Waals surface area contributed by atoms with Gasteiger partial charge in [-0.1, -0.05) is 36.4 Å². The van der Waals surface area contributed by atoms with Crippen molar-refractivity contribution in [3.8, 4) is 5.75 Å². The van der Waals surface area contributed by atoms with Crippen LogP contribution in [-0.4, -0.2) is 61.2 Å². The number of carbonyl (C=O) groups excluding carboxylic acids is 1. The Morgan fingerprint density at radius 2 is 1.55 bits per heavy atom. The molecule has 0 amide bonds. The first-order valence-corrected chi connectivity index (χ1v) is 11.5. The molecule has 0 spiro atoms. The molecule has 1 aliphatic heterocycles. The lowest BCUT2D eigenvalue weighted by atomic mass is 10.0. The molecule has 172 valence electrons. The third kappa shape index (κ3) is 6.01. The van der Waals surface area contributed by atoms with E-state index in [9.17, 15) is 9.90 Å². The summed E-state index contributed by atoms with van der Waals surface area (Å²) in [4.78, 5) is 17.2. The van der Waals surface area contributed by atoms with E-state index in [0.29, 0.717) is 23.4 Å². The van der Waals surface area contributed by atoms with Crippen molar-refractivity contribution in [2.24, 2.45) is 0 Å². The maximum absolute atomic E-state index is 12.5. The molecule has 0 aromatic heterocycles. The molecule has 4 rings (SSSR count). The number of rotatable bonds is 8. The summed E-state index contributed by atoms with van der Waals surface area (Å²) >= 11 is 0. The van der Waals surface area contributed by atoms with E-state index in [1.54, 1.807) is 24.3 Å². The first-order chi connectivity index (χ1) is 16.0. The summed E-state index contributed by atoms with van der Waals surface area (Å²) in [7, 11) is 0. The summed E-state index contributed by atoms with van der Waals surface area (Å²) in [5.74, 6) is 0.639. The smallest absolute Gasteiger partial charge is 0.193 e. The maximum Gasteiger partial charge on any atom is 0.193 e. The largest absolute Gasteiger partial charge is 0.491 e. The van der Waals surface area contributed by atoms with Crippen molar-refractivity contribution in [2.75, 3.05) is 44.2 Å². The molecule has 1 atom stereocenters. The zero-order chi connectivity index (χ0) is 23.2. The maximum atomic E-state index is 12.5. The Morgan fingerprint density at radius 3 is 2.21 bits per heavy atom. The highest BCUT2D eigenvalue weighted by Crippen LogP contribution is 2.20.